The van der Waals surface area contributed by atoms with Crippen LogP contribution in [0.2, 0.25) is 0 Å². The zero-order valence-corrected chi connectivity index (χ0v) is 18.7. The van der Waals surface area contributed by atoms with Crippen molar-refractivity contribution < 1.29 is 14.3 Å². The summed E-state index contributed by atoms with van der Waals surface area (Å²) in [5.41, 5.74) is 5.86. The maximum atomic E-state index is 12.5. The lowest BCUT2D eigenvalue weighted by Crippen LogP contribution is -2.31. The molecule has 0 spiro atoms. The number of carbonyl (C=O) groups is 2. The van der Waals surface area contributed by atoms with Crippen LogP contribution >= 0.6 is 11.8 Å². The Balaban J connectivity index is 1.57. The molecular formula is C24H26N2O3S. The summed E-state index contributed by atoms with van der Waals surface area (Å²) in [6.45, 7) is 9.51. The Morgan fingerprint density at radius 3 is 2.40 bits per heavy atom. The zero-order valence-electron chi connectivity index (χ0n) is 17.9. The van der Waals surface area contributed by atoms with Crippen molar-refractivity contribution in [2.24, 2.45) is 0 Å². The van der Waals surface area contributed by atoms with Crippen LogP contribution in [0.5, 0.6) is 0 Å². The van der Waals surface area contributed by atoms with E-state index in [4.69, 9.17) is 4.74 Å². The number of fused-ring (bicyclic) bond motifs is 1. The molecule has 1 atom stereocenters. The fraction of sp³-hybridized carbons (Fsp3) is 0.292. The predicted molar refractivity (Wildman–Crippen MR) is 122 cm³/mol. The smallest absolute Gasteiger partial charge is 0.317 e. The minimum absolute atomic E-state index is 0.0883. The second-order valence-corrected chi connectivity index (χ2v) is 8.47. The van der Waals surface area contributed by atoms with Crippen molar-refractivity contribution in [3.8, 4) is 0 Å². The summed E-state index contributed by atoms with van der Waals surface area (Å²) in [6, 6.07) is 13.9. The highest BCUT2D eigenvalue weighted by Gasteiger charge is 2.20. The first-order chi connectivity index (χ1) is 14.2. The lowest BCUT2D eigenvalue weighted by atomic mass is 10.0. The molecule has 2 aromatic carbocycles. The summed E-state index contributed by atoms with van der Waals surface area (Å²) in [5, 5.41) is 4.73. The van der Waals surface area contributed by atoms with Crippen LogP contribution in [0.4, 0.5) is 5.69 Å². The number of aryl methyl sites for hydroxylation is 4. The molecule has 156 valence electrons. The van der Waals surface area contributed by atoms with Crippen LogP contribution in [0.3, 0.4) is 0 Å². The number of aromatic nitrogens is 1. The Labute approximate surface area is 181 Å². The van der Waals surface area contributed by atoms with E-state index in [2.05, 4.69) is 10.3 Å². The van der Waals surface area contributed by atoms with Gasteiger partial charge in [0, 0.05) is 11.1 Å². The Bertz CT molecular complexity index is 1090. The average molecular weight is 423 g/mol. The Morgan fingerprint density at radius 1 is 1.03 bits per heavy atom. The second-order valence-electron chi connectivity index (χ2n) is 7.48. The van der Waals surface area contributed by atoms with Crippen molar-refractivity contribution >= 4 is 40.2 Å². The maximum Gasteiger partial charge on any atom is 0.317 e. The van der Waals surface area contributed by atoms with Gasteiger partial charge < -0.3 is 10.1 Å². The van der Waals surface area contributed by atoms with Crippen LogP contribution in [0.15, 0.2) is 47.5 Å². The highest BCUT2D eigenvalue weighted by Crippen LogP contribution is 2.24. The van der Waals surface area contributed by atoms with Gasteiger partial charge in [-0.1, -0.05) is 47.7 Å². The minimum Gasteiger partial charge on any atom is -0.452 e. The van der Waals surface area contributed by atoms with Crippen molar-refractivity contribution in [1.29, 1.82) is 0 Å². The second kappa shape index (κ2) is 9.30. The monoisotopic (exact) mass is 422 g/mol. The van der Waals surface area contributed by atoms with Gasteiger partial charge in [0.15, 0.2) is 6.10 Å². The number of thioether (sulfide) groups is 1. The highest BCUT2D eigenvalue weighted by molar-refractivity contribution is 7.99. The van der Waals surface area contributed by atoms with Crippen molar-refractivity contribution in [2.45, 2.75) is 45.7 Å². The number of ether oxygens (including phenoxy) is 1. The van der Waals surface area contributed by atoms with Gasteiger partial charge in [0.1, 0.15) is 0 Å². The van der Waals surface area contributed by atoms with Crippen molar-refractivity contribution in [3.05, 3.63) is 64.7 Å². The number of rotatable bonds is 6. The molecule has 0 fully saturated rings. The molecule has 1 heterocycles. The molecule has 3 aromatic rings. The third-order valence-corrected chi connectivity index (χ3v) is 5.73. The quantitative estimate of drug-likeness (QED) is 0.440. The number of esters is 1. The molecule has 30 heavy (non-hydrogen) atoms. The molecular weight excluding hydrogens is 396 g/mol. The summed E-state index contributed by atoms with van der Waals surface area (Å²) in [6.07, 6.45) is -0.885. The highest BCUT2D eigenvalue weighted by atomic mass is 32.2. The fourth-order valence-corrected chi connectivity index (χ4v) is 4.17. The predicted octanol–water partition coefficient (Wildman–Crippen LogP) is 5.13. The normalized spacial score (nSPS) is 11.9. The number of nitrogens with one attached hydrogen (secondary N) is 1. The van der Waals surface area contributed by atoms with Crippen LogP contribution in [0.25, 0.3) is 10.9 Å². The van der Waals surface area contributed by atoms with Gasteiger partial charge in [-0.2, -0.15) is 0 Å². The standard InChI is InChI=1S/C24H26N2O3S/c1-14-10-16(3)23(17(4)11-14)26-24(28)18(5)29-22(27)13-30-21-12-15(2)19-8-6-7-9-20(19)25-21/h6-12,18H,13H2,1-5H3,(H,26,28)/t18-/m0/s1. The molecule has 0 aliphatic rings. The molecule has 1 aromatic heterocycles. The van der Waals surface area contributed by atoms with E-state index in [0.29, 0.717) is 0 Å². The summed E-state index contributed by atoms with van der Waals surface area (Å²) in [7, 11) is 0. The van der Waals surface area contributed by atoms with Gasteiger partial charge in [0.2, 0.25) is 0 Å². The maximum absolute atomic E-state index is 12.5. The number of benzene rings is 2. The molecule has 0 aliphatic carbocycles. The first-order valence-corrected chi connectivity index (χ1v) is 10.8. The molecule has 6 heteroatoms. The van der Waals surface area contributed by atoms with Gasteiger partial charge in [0.05, 0.1) is 16.3 Å². The summed E-state index contributed by atoms with van der Waals surface area (Å²) < 4.78 is 5.33. The third kappa shape index (κ3) is 5.19. The van der Waals surface area contributed by atoms with Gasteiger partial charge in [-0.15, -0.1) is 0 Å². The van der Waals surface area contributed by atoms with Gasteiger partial charge in [0.25, 0.3) is 5.91 Å². The average Bonchev–Trinajstić information content (AvgIpc) is 2.69. The largest absolute Gasteiger partial charge is 0.452 e. The molecule has 0 bridgehead atoms. The van der Waals surface area contributed by atoms with Gasteiger partial charge in [-0.25, -0.2) is 4.98 Å². The number of carbonyl (C=O) groups excluding carboxylic acids is 2. The summed E-state index contributed by atoms with van der Waals surface area (Å²) in [5.74, 6) is -0.707. The first-order valence-electron chi connectivity index (χ1n) is 9.82. The number of amides is 1. The van der Waals surface area contributed by atoms with Crippen LogP contribution < -0.4 is 5.32 Å². The lowest BCUT2D eigenvalue weighted by molar-refractivity contribution is -0.150. The summed E-state index contributed by atoms with van der Waals surface area (Å²) >= 11 is 1.30. The third-order valence-electron chi connectivity index (χ3n) is 4.84. The first kappa shape index (κ1) is 21.8. The van der Waals surface area contributed by atoms with E-state index in [9.17, 15) is 9.59 Å². The Morgan fingerprint density at radius 2 is 1.70 bits per heavy atom. The van der Waals surface area contributed by atoms with Crippen LogP contribution in [0, 0.1) is 27.7 Å². The Kier molecular flexibility index (Phi) is 6.77. The van der Waals surface area contributed by atoms with Crippen LogP contribution in [0.1, 0.15) is 29.2 Å². The fourth-order valence-electron chi connectivity index (χ4n) is 3.41. The Hall–Kier alpha value is -2.86. The van der Waals surface area contributed by atoms with E-state index in [1.165, 1.54) is 11.8 Å². The number of nitrogens with zero attached hydrogens (tertiary/aromatic N) is 1. The molecule has 5 nitrogen and oxygen atoms in total. The number of anilines is 1. The van der Waals surface area contributed by atoms with E-state index >= 15 is 0 Å². The molecule has 1 amide bonds. The number of para-hydroxylation sites is 1. The molecule has 3 rings (SSSR count). The van der Waals surface area contributed by atoms with E-state index < -0.39 is 12.1 Å². The molecule has 1 N–H and O–H groups in total. The van der Waals surface area contributed by atoms with E-state index in [0.717, 1.165) is 43.9 Å². The molecule has 0 unspecified atom stereocenters. The summed E-state index contributed by atoms with van der Waals surface area (Å²) in [4.78, 5) is 29.3. The molecule has 0 saturated carbocycles. The van der Waals surface area contributed by atoms with Gasteiger partial charge >= 0.3 is 5.97 Å². The van der Waals surface area contributed by atoms with E-state index in [1.54, 1.807) is 6.92 Å². The van der Waals surface area contributed by atoms with Crippen molar-refractivity contribution in [2.75, 3.05) is 11.1 Å². The van der Waals surface area contributed by atoms with Crippen molar-refractivity contribution in [1.82, 2.24) is 4.98 Å². The molecule has 0 radical (unpaired) electrons. The molecule has 0 saturated heterocycles. The molecule has 0 aliphatic heterocycles. The zero-order chi connectivity index (χ0) is 21.8. The lowest BCUT2D eigenvalue weighted by Gasteiger charge is -2.17. The van der Waals surface area contributed by atoms with Gasteiger partial charge in [-0.05, 0) is 63.4 Å². The number of hydrogen-bond donors (Lipinski definition) is 1. The van der Waals surface area contributed by atoms with E-state index in [1.807, 2.05) is 70.2 Å². The topological polar surface area (TPSA) is 68.3 Å². The number of pyridine rings is 1. The van der Waals surface area contributed by atoms with Crippen LogP contribution in [-0.4, -0.2) is 28.7 Å². The minimum atomic E-state index is -0.885. The van der Waals surface area contributed by atoms with E-state index in [-0.39, 0.29) is 11.7 Å². The van der Waals surface area contributed by atoms with Crippen molar-refractivity contribution in [3.63, 3.8) is 0 Å². The van der Waals surface area contributed by atoms with Gasteiger partial charge in [-0.3, -0.25) is 9.59 Å². The van der Waals surface area contributed by atoms with Crippen LogP contribution in [-0.2, 0) is 14.3 Å². The number of hydrogen-bond acceptors (Lipinski definition) is 5. The SMILES string of the molecule is Cc1cc(C)c(NC(=O)[C@H](C)OC(=O)CSc2cc(C)c3ccccc3n2)c(C)c1.